The summed E-state index contributed by atoms with van der Waals surface area (Å²) >= 11 is 0. The van der Waals surface area contributed by atoms with E-state index >= 15 is 0 Å². The molecule has 0 radical (unpaired) electrons. The lowest BCUT2D eigenvalue weighted by molar-refractivity contribution is -0.119. The number of carbonyl (C=O) groups excluding carboxylic acids is 1. The van der Waals surface area contributed by atoms with Crippen molar-refractivity contribution in [2.45, 2.75) is 46.1 Å². The molecule has 1 aliphatic rings. The van der Waals surface area contributed by atoms with Gasteiger partial charge in [-0.15, -0.1) is 0 Å². The van der Waals surface area contributed by atoms with Crippen molar-refractivity contribution in [3.05, 3.63) is 47.5 Å². The summed E-state index contributed by atoms with van der Waals surface area (Å²) in [6.07, 6.45) is 4.60. The van der Waals surface area contributed by atoms with Crippen molar-refractivity contribution >= 4 is 17.3 Å². The molecule has 1 unspecified atom stereocenters. The summed E-state index contributed by atoms with van der Waals surface area (Å²) in [6, 6.07) is 8.16. The lowest BCUT2D eigenvalue weighted by atomic mass is 10.1. The minimum atomic E-state index is 0.0953. The Balaban J connectivity index is 1.77. The monoisotopic (exact) mass is 324 g/mol. The molecule has 1 saturated heterocycles. The molecule has 1 N–H and O–H groups in total. The van der Waals surface area contributed by atoms with Crippen molar-refractivity contribution in [1.82, 2.24) is 9.97 Å². The van der Waals surface area contributed by atoms with Gasteiger partial charge in [-0.3, -0.25) is 4.79 Å². The number of hydrogen-bond donors (Lipinski definition) is 1. The summed E-state index contributed by atoms with van der Waals surface area (Å²) in [5, 5.41) is 3.49. The molecule has 1 amide bonds. The topological polar surface area (TPSA) is 58.1 Å². The highest BCUT2D eigenvalue weighted by Gasteiger charge is 2.20. The van der Waals surface area contributed by atoms with E-state index in [0.717, 1.165) is 47.8 Å². The third kappa shape index (κ3) is 3.55. The van der Waals surface area contributed by atoms with Crippen molar-refractivity contribution in [2.24, 2.45) is 0 Å². The zero-order chi connectivity index (χ0) is 17.1. The number of rotatable bonds is 4. The number of aromatic nitrogens is 2. The van der Waals surface area contributed by atoms with Crippen molar-refractivity contribution in [3.8, 4) is 0 Å². The van der Waals surface area contributed by atoms with Crippen LogP contribution in [0.1, 0.15) is 49.3 Å². The van der Waals surface area contributed by atoms with Crippen LogP contribution in [-0.4, -0.2) is 22.4 Å². The molecule has 0 spiro atoms. The number of piperidine rings is 1. The van der Waals surface area contributed by atoms with Crippen molar-refractivity contribution in [3.63, 3.8) is 0 Å². The van der Waals surface area contributed by atoms with Gasteiger partial charge in [0.2, 0.25) is 5.91 Å². The van der Waals surface area contributed by atoms with E-state index in [1.54, 1.807) is 0 Å². The first-order chi connectivity index (χ1) is 11.5. The number of hydrogen-bond acceptors (Lipinski definition) is 4. The molecule has 1 atom stereocenters. The fourth-order valence-electron chi connectivity index (χ4n) is 3.19. The van der Waals surface area contributed by atoms with E-state index in [4.69, 9.17) is 0 Å². The van der Waals surface area contributed by atoms with E-state index in [2.05, 4.69) is 22.2 Å². The summed E-state index contributed by atoms with van der Waals surface area (Å²) < 4.78 is 0. The average Bonchev–Trinajstić information content (AvgIpc) is 2.55. The standard InChI is InChI=1S/C19H24N4O/c1-13-18(12-20-15(3)21-13)14(2)22-16-7-6-8-17(11-16)23-10-5-4-9-19(23)24/h6-8,11-12,14,22H,4-5,9-10H2,1-3H3. The summed E-state index contributed by atoms with van der Waals surface area (Å²) in [5.74, 6) is 1.00. The van der Waals surface area contributed by atoms with Crippen molar-refractivity contribution in [1.29, 1.82) is 0 Å². The Hall–Kier alpha value is -2.43. The number of amides is 1. The Morgan fingerprint density at radius 1 is 1.25 bits per heavy atom. The molecule has 2 aromatic rings. The number of anilines is 2. The van der Waals surface area contributed by atoms with E-state index in [-0.39, 0.29) is 11.9 Å². The number of benzene rings is 1. The highest BCUT2D eigenvalue weighted by atomic mass is 16.2. The van der Waals surface area contributed by atoms with Crippen LogP contribution in [0.3, 0.4) is 0 Å². The van der Waals surface area contributed by atoms with Crippen LogP contribution in [0.25, 0.3) is 0 Å². The lowest BCUT2D eigenvalue weighted by Gasteiger charge is -2.27. The molecule has 24 heavy (non-hydrogen) atoms. The van der Waals surface area contributed by atoms with Gasteiger partial charge in [-0.25, -0.2) is 9.97 Å². The minimum absolute atomic E-state index is 0.0953. The first-order valence-electron chi connectivity index (χ1n) is 8.51. The number of aryl methyl sites for hydroxylation is 2. The Morgan fingerprint density at radius 2 is 2.08 bits per heavy atom. The van der Waals surface area contributed by atoms with Crippen molar-refractivity contribution in [2.75, 3.05) is 16.8 Å². The van der Waals surface area contributed by atoms with Crippen LogP contribution in [0, 0.1) is 13.8 Å². The number of carbonyl (C=O) groups is 1. The molecular formula is C19H24N4O. The van der Waals surface area contributed by atoms with Gasteiger partial charge in [0.15, 0.2) is 0 Å². The highest BCUT2D eigenvalue weighted by Crippen LogP contribution is 2.26. The van der Waals surface area contributed by atoms with Crippen LogP contribution in [0.15, 0.2) is 30.5 Å². The molecule has 1 aliphatic heterocycles. The Bertz CT molecular complexity index is 744. The Morgan fingerprint density at radius 3 is 2.83 bits per heavy atom. The van der Waals surface area contributed by atoms with E-state index in [1.807, 2.05) is 49.2 Å². The maximum atomic E-state index is 12.1. The van der Waals surface area contributed by atoms with Crippen LogP contribution in [-0.2, 0) is 4.79 Å². The van der Waals surface area contributed by atoms with Gasteiger partial charge < -0.3 is 10.2 Å². The molecular weight excluding hydrogens is 300 g/mol. The van der Waals surface area contributed by atoms with Gasteiger partial charge in [0.05, 0.1) is 6.04 Å². The molecule has 0 saturated carbocycles. The smallest absolute Gasteiger partial charge is 0.226 e. The van der Waals surface area contributed by atoms with Gasteiger partial charge >= 0.3 is 0 Å². The Kier molecular flexibility index (Phi) is 4.79. The third-order valence-electron chi connectivity index (χ3n) is 4.47. The van der Waals surface area contributed by atoms with Crippen LogP contribution in [0.5, 0.6) is 0 Å². The molecule has 0 aliphatic carbocycles. The predicted octanol–water partition coefficient (Wildman–Crippen LogP) is 3.78. The van der Waals surface area contributed by atoms with E-state index in [0.29, 0.717) is 6.42 Å². The summed E-state index contributed by atoms with van der Waals surface area (Å²) in [4.78, 5) is 22.7. The van der Waals surface area contributed by atoms with Crippen molar-refractivity contribution < 1.29 is 4.79 Å². The molecule has 126 valence electrons. The fraction of sp³-hybridized carbons (Fsp3) is 0.421. The van der Waals surface area contributed by atoms with Gasteiger partial charge in [0, 0.05) is 41.8 Å². The maximum absolute atomic E-state index is 12.1. The molecule has 1 aromatic heterocycles. The zero-order valence-corrected chi connectivity index (χ0v) is 14.5. The summed E-state index contributed by atoms with van der Waals surface area (Å²) in [5.41, 5.74) is 4.04. The van der Waals surface area contributed by atoms with E-state index in [9.17, 15) is 4.79 Å². The molecule has 5 nitrogen and oxygen atoms in total. The molecule has 1 fully saturated rings. The van der Waals surface area contributed by atoms with E-state index < -0.39 is 0 Å². The average molecular weight is 324 g/mol. The van der Waals surface area contributed by atoms with Gasteiger partial charge in [-0.1, -0.05) is 6.07 Å². The zero-order valence-electron chi connectivity index (χ0n) is 14.5. The number of nitrogens with one attached hydrogen (secondary N) is 1. The molecule has 0 bridgehead atoms. The SMILES string of the molecule is Cc1ncc(C(C)Nc2cccc(N3CCCCC3=O)c2)c(C)n1. The van der Waals surface area contributed by atoms with Crippen LogP contribution < -0.4 is 10.2 Å². The second-order valence-corrected chi connectivity index (χ2v) is 6.38. The highest BCUT2D eigenvalue weighted by molar-refractivity contribution is 5.94. The second-order valence-electron chi connectivity index (χ2n) is 6.38. The normalized spacial score (nSPS) is 16.1. The van der Waals surface area contributed by atoms with Gasteiger partial charge in [-0.2, -0.15) is 0 Å². The van der Waals surface area contributed by atoms with Crippen LogP contribution >= 0.6 is 0 Å². The first-order valence-corrected chi connectivity index (χ1v) is 8.51. The summed E-state index contributed by atoms with van der Waals surface area (Å²) in [6.45, 7) is 6.81. The second kappa shape index (κ2) is 6.99. The van der Waals surface area contributed by atoms with Crippen LogP contribution in [0.4, 0.5) is 11.4 Å². The van der Waals surface area contributed by atoms with Gasteiger partial charge in [0.25, 0.3) is 0 Å². The lowest BCUT2D eigenvalue weighted by Crippen LogP contribution is -2.35. The molecule has 2 heterocycles. The fourth-order valence-corrected chi connectivity index (χ4v) is 3.19. The quantitative estimate of drug-likeness (QED) is 0.930. The Labute approximate surface area is 143 Å². The predicted molar refractivity (Wildman–Crippen MR) is 96.2 cm³/mol. The molecule has 3 rings (SSSR count). The largest absolute Gasteiger partial charge is 0.378 e. The minimum Gasteiger partial charge on any atom is -0.378 e. The summed E-state index contributed by atoms with van der Waals surface area (Å²) in [7, 11) is 0. The van der Waals surface area contributed by atoms with Crippen LogP contribution in [0.2, 0.25) is 0 Å². The molecule has 5 heteroatoms. The van der Waals surface area contributed by atoms with Gasteiger partial charge in [0.1, 0.15) is 5.82 Å². The number of nitrogens with zero attached hydrogens (tertiary/aromatic N) is 3. The third-order valence-corrected chi connectivity index (χ3v) is 4.47. The van der Waals surface area contributed by atoms with E-state index in [1.165, 1.54) is 0 Å². The maximum Gasteiger partial charge on any atom is 0.226 e. The molecule has 1 aromatic carbocycles. The van der Waals surface area contributed by atoms with Gasteiger partial charge in [-0.05, 0) is 51.8 Å². The first kappa shape index (κ1) is 16.4.